The highest BCUT2D eigenvalue weighted by Crippen LogP contribution is 2.41. The molecule has 2 aliphatic rings. The molecule has 1 aromatic rings. The molecule has 8 heteroatoms. The number of carbonyl (C=O) groups excluding carboxylic acids is 2. The van der Waals surface area contributed by atoms with Gasteiger partial charge in [-0.3, -0.25) is 4.79 Å². The van der Waals surface area contributed by atoms with Gasteiger partial charge in [0.25, 0.3) is 0 Å². The Labute approximate surface area is 174 Å². The number of hydrogen-bond donors (Lipinski definition) is 1. The number of alkyl halides is 3. The first-order chi connectivity index (χ1) is 13.9. The second kappa shape index (κ2) is 7.96. The molecule has 0 radical (unpaired) electrons. The first kappa shape index (κ1) is 22.2. The van der Waals surface area contributed by atoms with Crippen LogP contribution in [0.25, 0.3) is 5.57 Å². The average Bonchev–Trinajstić information content (AvgIpc) is 2.65. The van der Waals surface area contributed by atoms with Crippen molar-refractivity contribution in [1.82, 2.24) is 9.80 Å². The predicted octanol–water partition coefficient (Wildman–Crippen LogP) is 4.86. The van der Waals surface area contributed by atoms with E-state index in [9.17, 15) is 22.8 Å². The molecule has 1 aliphatic heterocycles. The molecule has 1 aromatic carbocycles. The van der Waals surface area contributed by atoms with Crippen LogP contribution >= 0.6 is 0 Å². The lowest BCUT2D eigenvalue weighted by Crippen LogP contribution is -2.48. The van der Waals surface area contributed by atoms with E-state index in [2.05, 4.69) is 19.9 Å². The maximum absolute atomic E-state index is 12.8. The van der Waals surface area contributed by atoms with Gasteiger partial charge in [-0.15, -0.1) is 0 Å². The number of amides is 3. The van der Waals surface area contributed by atoms with Crippen LogP contribution in [-0.2, 0) is 4.79 Å². The topological polar surface area (TPSA) is 52.7 Å². The molecule has 0 bridgehead atoms. The molecule has 3 amide bonds. The van der Waals surface area contributed by atoms with E-state index >= 15 is 0 Å². The molecule has 3 rings (SSSR count). The Kier molecular flexibility index (Phi) is 5.89. The summed E-state index contributed by atoms with van der Waals surface area (Å²) < 4.78 is 38.5. The van der Waals surface area contributed by atoms with Gasteiger partial charge in [0.1, 0.15) is 0 Å². The molecule has 30 heavy (non-hydrogen) atoms. The van der Waals surface area contributed by atoms with Gasteiger partial charge in [-0.25, -0.2) is 4.79 Å². The minimum absolute atomic E-state index is 0.0319. The fourth-order valence-corrected chi connectivity index (χ4v) is 4.08. The number of benzene rings is 1. The Morgan fingerprint density at radius 1 is 1.17 bits per heavy atom. The van der Waals surface area contributed by atoms with Gasteiger partial charge in [0.15, 0.2) is 0 Å². The van der Waals surface area contributed by atoms with Crippen molar-refractivity contribution in [2.24, 2.45) is 5.41 Å². The molecule has 1 heterocycles. The van der Waals surface area contributed by atoms with Crippen LogP contribution in [0.3, 0.4) is 0 Å². The molecular formula is C22H28F3N3O2. The van der Waals surface area contributed by atoms with Crippen LogP contribution in [0.15, 0.2) is 24.3 Å². The normalized spacial score (nSPS) is 20.2. The fourth-order valence-electron chi connectivity index (χ4n) is 4.08. The Morgan fingerprint density at radius 2 is 1.80 bits per heavy atom. The summed E-state index contributed by atoms with van der Waals surface area (Å²) in [5.74, 6) is -1.94. The smallest absolute Gasteiger partial charge is 0.327 e. The number of anilines is 1. The lowest BCUT2D eigenvalue weighted by atomic mass is 9.76. The van der Waals surface area contributed by atoms with Crippen molar-refractivity contribution in [2.75, 3.05) is 32.5 Å². The summed E-state index contributed by atoms with van der Waals surface area (Å²) in [6.45, 7) is 5.38. The lowest BCUT2D eigenvalue weighted by molar-refractivity contribution is -0.167. The van der Waals surface area contributed by atoms with Crippen LogP contribution in [0.5, 0.6) is 0 Å². The number of allylic oxidation sites excluding steroid dienone is 2. The Morgan fingerprint density at radius 3 is 2.33 bits per heavy atom. The molecule has 164 valence electrons. The number of likely N-dealkylation sites (N-methyl/N-ethyl adjacent to an activating group) is 2. The van der Waals surface area contributed by atoms with Gasteiger partial charge in [0, 0.05) is 44.4 Å². The summed E-state index contributed by atoms with van der Waals surface area (Å²) >= 11 is 0. The number of hydrogen-bond acceptors (Lipinski definition) is 2. The maximum atomic E-state index is 12.8. The van der Waals surface area contributed by atoms with Crippen LogP contribution in [-0.4, -0.2) is 55.1 Å². The standard InChI is InChI=1S/C22H28F3N3O2/c1-21(2)9-7-14(8-10-21)17-11-15(16-12-27(3)20(30)28(4)13-16)5-6-18(17)26-19(29)22(23,24)25/h5-7,11,16H,8-10,12-13H2,1-4H3,(H,26,29). The monoisotopic (exact) mass is 423 g/mol. The van der Waals surface area contributed by atoms with Crippen LogP contribution in [0, 0.1) is 5.41 Å². The minimum atomic E-state index is -4.95. The first-order valence-electron chi connectivity index (χ1n) is 10.1. The second-order valence-corrected chi connectivity index (χ2v) is 9.10. The van der Waals surface area contributed by atoms with Crippen molar-refractivity contribution in [2.45, 2.75) is 45.2 Å². The molecule has 0 aromatic heterocycles. The molecule has 5 nitrogen and oxygen atoms in total. The third-order valence-electron chi connectivity index (χ3n) is 5.98. The average molecular weight is 423 g/mol. The minimum Gasteiger partial charge on any atom is -0.327 e. The van der Waals surface area contributed by atoms with Crippen LogP contribution in [0.2, 0.25) is 0 Å². The Hall–Kier alpha value is -2.51. The molecule has 1 N–H and O–H groups in total. The molecule has 0 atom stereocenters. The van der Waals surface area contributed by atoms with E-state index in [4.69, 9.17) is 0 Å². The van der Waals surface area contributed by atoms with Crippen LogP contribution < -0.4 is 5.32 Å². The predicted molar refractivity (Wildman–Crippen MR) is 110 cm³/mol. The molecule has 0 saturated carbocycles. The largest absolute Gasteiger partial charge is 0.471 e. The van der Waals surface area contributed by atoms with Crippen molar-refractivity contribution in [3.8, 4) is 0 Å². The summed E-state index contributed by atoms with van der Waals surface area (Å²) in [4.78, 5) is 26.9. The van der Waals surface area contributed by atoms with E-state index in [1.54, 1.807) is 36.0 Å². The van der Waals surface area contributed by atoms with Gasteiger partial charge in [0.05, 0.1) is 0 Å². The fraction of sp³-hybridized carbons (Fsp3) is 0.545. The molecule has 1 fully saturated rings. The van der Waals surface area contributed by atoms with Gasteiger partial charge in [-0.2, -0.15) is 13.2 Å². The van der Waals surface area contributed by atoms with Gasteiger partial charge in [-0.1, -0.05) is 26.0 Å². The van der Waals surface area contributed by atoms with Crippen LogP contribution in [0.1, 0.15) is 50.2 Å². The summed E-state index contributed by atoms with van der Waals surface area (Å²) in [5.41, 5.74) is 2.82. The van der Waals surface area contributed by atoms with Crippen molar-refractivity contribution < 1.29 is 22.8 Å². The highest BCUT2D eigenvalue weighted by atomic mass is 19.4. The molecule has 0 unspecified atom stereocenters. The maximum Gasteiger partial charge on any atom is 0.471 e. The van der Waals surface area contributed by atoms with Crippen LogP contribution in [0.4, 0.5) is 23.7 Å². The number of urea groups is 1. The van der Waals surface area contributed by atoms with E-state index in [-0.39, 0.29) is 23.1 Å². The van der Waals surface area contributed by atoms with Gasteiger partial charge >= 0.3 is 18.1 Å². The zero-order chi connectivity index (χ0) is 22.3. The van der Waals surface area contributed by atoms with Gasteiger partial charge < -0.3 is 15.1 Å². The van der Waals surface area contributed by atoms with E-state index in [0.29, 0.717) is 18.7 Å². The number of rotatable bonds is 3. The number of nitrogens with one attached hydrogen (secondary N) is 1. The second-order valence-electron chi connectivity index (χ2n) is 9.10. The summed E-state index contributed by atoms with van der Waals surface area (Å²) in [6.07, 6.45) is -0.418. The highest BCUT2D eigenvalue weighted by Gasteiger charge is 2.39. The first-order valence-corrected chi connectivity index (χ1v) is 10.1. The van der Waals surface area contributed by atoms with E-state index in [0.717, 1.165) is 30.4 Å². The zero-order valence-electron chi connectivity index (χ0n) is 17.8. The molecule has 1 aliphatic carbocycles. The quantitative estimate of drug-likeness (QED) is 0.755. The number of halogens is 3. The van der Waals surface area contributed by atoms with Crippen molar-refractivity contribution in [1.29, 1.82) is 0 Å². The third-order valence-corrected chi connectivity index (χ3v) is 5.98. The number of carbonyl (C=O) groups is 2. The van der Waals surface area contributed by atoms with Crippen molar-refractivity contribution in [3.63, 3.8) is 0 Å². The number of nitrogens with zero attached hydrogens (tertiary/aromatic N) is 2. The SMILES string of the molecule is CN1CC(c2ccc(NC(=O)C(F)(F)F)c(C3=CCC(C)(C)CC3)c2)CN(C)C1=O. The van der Waals surface area contributed by atoms with Crippen molar-refractivity contribution in [3.05, 3.63) is 35.4 Å². The van der Waals surface area contributed by atoms with Crippen molar-refractivity contribution >= 4 is 23.2 Å². The Bertz CT molecular complexity index is 863. The Balaban J connectivity index is 1.97. The summed E-state index contributed by atoms with van der Waals surface area (Å²) in [5, 5.41) is 2.04. The zero-order valence-corrected chi connectivity index (χ0v) is 17.8. The molecule has 1 saturated heterocycles. The summed E-state index contributed by atoms with van der Waals surface area (Å²) in [6, 6.07) is 5.10. The third kappa shape index (κ3) is 4.79. The van der Waals surface area contributed by atoms with E-state index in [1.807, 2.05) is 11.4 Å². The lowest BCUT2D eigenvalue weighted by Gasteiger charge is -2.37. The van der Waals surface area contributed by atoms with E-state index in [1.165, 1.54) is 0 Å². The van der Waals surface area contributed by atoms with E-state index < -0.39 is 12.1 Å². The van der Waals surface area contributed by atoms with Gasteiger partial charge in [-0.05, 0) is 47.9 Å². The highest BCUT2D eigenvalue weighted by molar-refractivity contribution is 5.97. The molecular weight excluding hydrogens is 395 g/mol. The molecule has 0 spiro atoms. The summed E-state index contributed by atoms with van der Waals surface area (Å²) in [7, 11) is 3.46. The van der Waals surface area contributed by atoms with Gasteiger partial charge in [0.2, 0.25) is 0 Å².